The van der Waals surface area contributed by atoms with Gasteiger partial charge in [0.2, 0.25) is 0 Å². The summed E-state index contributed by atoms with van der Waals surface area (Å²) in [6.07, 6.45) is 5.14. The average Bonchev–Trinajstić information content (AvgIpc) is 3.34. The third-order valence-corrected chi connectivity index (χ3v) is 4.30. The lowest BCUT2D eigenvalue weighted by molar-refractivity contribution is 0.373. The van der Waals surface area contributed by atoms with E-state index in [4.69, 9.17) is 9.47 Å². The molecule has 1 saturated carbocycles. The molecule has 25 heavy (non-hydrogen) atoms. The first-order valence-electron chi connectivity index (χ1n) is 8.36. The zero-order valence-corrected chi connectivity index (χ0v) is 15.2. The summed E-state index contributed by atoms with van der Waals surface area (Å²) in [4.78, 5) is 0. The molecule has 0 amide bonds. The smallest absolute Gasteiger partial charge is 0.161 e. The lowest BCUT2D eigenvalue weighted by Crippen LogP contribution is -1.87. The number of methoxy groups -OCH3 is 2. The molecular formula is C21H26O4. The summed E-state index contributed by atoms with van der Waals surface area (Å²) >= 11 is 0. The molecule has 2 aromatic rings. The van der Waals surface area contributed by atoms with E-state index in [9.17, 15) is 10.2 Å². The zero-order valence-electron chi connectivity index (χ0n) is 15.2. The average molecular weight is 342 g/mol. The summed E-state index contributed by atoms with van der Waals surface area (Å²) in [5.41, 5.74) is 2.30. The third kappa shape index (κ3) is 4.92. The van der Waals surface area contributed by atoms with Gasteiger partial charge in [-0.05, 0) is 60.6 Å². The highest BCUT2D eigenvalue weighted by Crippen LogP contribution is 2.48. The minimum absolute atomic E-state index is 0.172. The number of phenols is 2. The standard InChI is InChI=1S/C11H14O2.C10H12O2/c1-7-5-9(7)8-3-4-10(12)11(6-8)13-2;1-3-4-8-5-6-9(11)10(7-8)12-2/h3-4,6-7,9,12H,5H2,1-2H3;3-7,11H,1-2H3/b;4-3+. The Bertz CT molecular complexity index is 737. The Morgan fingerprint density at radius 3 is 2.04 bits per heavy atom. The van der Waals surface area contributed by atoms with Crippen molar-refractivity contribution in [3.63, 3.8) is 0 Å². The van der Waals surface area contributed by atoms with Crippen LogP contribution in [0.2, 0.25) is 0 Å². The Balaban J connectivity index is 0.000000181. The van der Waals surface area contributed by atoms with Gasteiger partial charge in [-0.2, -0.15) is 0 Å². The molecule has 2 N–H and O–H groups in total. The Morgan fingerprint density at radius 2 is 1.52 bits per heavy atom. The van der Waals surface area contributed by atoms with Crippen LogP contribution in [0.1, 0.15) is 37.3 Å². The van der Waals surface area contributed by atoms with Gasteiger partial charge in [-0.15, -0.1) is 0 Å². The zero-order chi connectivity index (χ0) is 18.4. The Kier molecular flexibility index (Phi) is 6.34. The second-order valence-corrected chi connectivity index (χ2v) is 6.18. The van der Waals surface area contributed by atoms with E-state index in [0.717, 1.165) is 11.5 Å². The fraction of sp³-hybridized carbons (Fsp3) is 0.333. The number of hydrogen-bond donors (Lipinski definition) is 2. The van der Waals surface area contributed by atoms with Crippen molar-refractivity contribution in [2.75, 3.05) is 14.2 Å². The molecule has 4 heteroatoms. The highest BCUT2D eigenvalue weighted by atomic mass is 16.5. The second kappa shape index (κ2) is 8.47. The SMILES string of the molecule is C/C=C/c1ccc(O)c(OC)c1.COc1cc(C2CC2C)ccc1O. The number of hydrogen-bond acceptors (Lipinski definition) is 4. The molecular weight excluding hydrogens is 316 g/mol. The van der Waals surface area contributed by atoms with Crippen molar-refractivity contribution in [1.29, 1.82) is 0 Å². The van der Waals surface area contributed by atoms with Gasteiger partial charge in [0.05, 0.1) is 14.2 Å². The fourth-order valence-electron chi connectivity index (χ4n) is 2.70. The van der Waals surface area contributed by atoms with Crippen molar-refractivity contribution in [3.05, 3.63) is 53.6 Å². The molecule has 0 saturated heterocycles. The monoisotopic (exact) mass is 342 g/mol. The van der Waals surface area contributed by atoms with Crippen LogP contribution < -0.4 is 9.47 Å². The summed E-state index contributed by atoms with van der Waals surface area (Å²) in [5.74, 6) is 2.94. The van der Waals surface area contributed by atoms with Crippen molar-refractivity contribution in [2.45, 2.75) is 26.2 Å². The van der Waals surface area contributed by atoms with Gasteiger partial charge >= 0.3 is 0 Å². The molecule has 134 valence electrons. The van der Waals surface area contributed by atoms with Gasteiger partial charge in [-0.25, -0.2) is 0 Å². The maximum absolute atomic E-state index is 9.38. The minimum atomic E-state index is 0.172. The molecule has 3 rings (SSSR count). The number of aromatic hydroxyl groups is 2. The van der Waals surface area contributed by atoms with Crippen LogP contribution in [0.25, 0.3) is 6.08 Å². The van der Waals surface area contributed by atoms with Crippen molar-refractivity contribution in [3.8, 4) is 23.0 Å². The van der Waals surface area contributed by atoms with E-state index in [1.165, 1.54) is 19.1 Å². The molecule has 0 bridgehead atoms. The van der Waals surface area contributed by atoms with Gasteiger partial charge in [0.15, 0.2) is 23.0 Å². The van der Waals surface area contributed by atoms with Crippen molar-refractivity contribution >= 4 is 6.08 Å². The molecule has 0 radical (unpaired) electrons. The first kappa shape index (κ1) is 18.7. The number of phenolic OH excluding ortho intramolecular Hbond substituents is 2. The molecule has 2 unspecified atom stereocenters. The minimum Gasteiger partial charge on any atom is -0.504 e. The third-order valence-electron chi connectivity index (χ3n) is 4.30. The quantitative estimate of drug-likeness (QED) is 0.824. The molecule has 2 aromatic carbocycles. The first-order chi connectivity index (χ1) is 12.0. The molecule has 0 aromatic heterocycles. The maximum Gasteiger partial charge on any atom is 0.161 e. The molecule has 1 aliphatic carbocycles. The van der Waals surface area contributed by atoms with Crippen LogP contribution in [0.15, 0.2) is 42.5 Å². The highest BCUT2D eigenvalue weighted by Gasteiger charge is 2.34. The molecule has 4 nitrogen and oxygen atoms in total. The lowest BCUT2D eigenvalue weighted by atomic mass is 10.1. The van der Waals surface area contributed by atoms with Crippen LogP contribution in [0.5, 0.6) is 23.0 Å². The van der Waals surface area contributed by atoms with Gasteiger partial charge < -0.3 is 19.7 Å². The maximum atomic E-state index is 9.38. The Labute approximate surface area is 149 Å². The van der Waals surface area contributed by atoms with Gasteiger partial charge in [0, 0.05) is 0 Å². The number of benzene rings is 2. The molecule has 1 fully saturated rings. The molecule has 0 spiro atoms. The number of allylic oxidation sites excluding steroid dienone is 1. The summed E-state index contributed by atoms with van der Waals surface area (Å²) in [5, 5.41) is 18.6. The second-order valence-electron chi connectivity index (χ2n) is 6.18. The normalized spacial score (nSPS) is 18.4. The van der Waals surface area contributed by atoms with Crippen LogP contribution in [0.3, 0.4) is 0 Å². The van der Waals surface area contributed by atoms with Crippen molar-refractivity contribution in [1.82, 2.24) is 0 Å². The van der Waals surface area contributed by atoms with Gasteiger partial charge in [0.25, 0.3) is 0 Å². The largest absolute Gasteiger partial charge is 0.504 e. The first-order valence-corrected chi connectivity index (χ1v) is 8.36. The van der Waals surface area contributed by atoms with Crippen LogP contribution in [-0.4, -0.2) is 24.4 Å². The fourth-order valence-corrected chi connectivity index (χ4v) is 2.70. The number of ether oxygens (including phenoxy) is 2. The van der Waals surface area contributed by atoms with Crippen LogP contribution >= 0.6 is 0 Å². The molecule has 2 atom stereocenters. The highest BCUT2D eigenvalue weighted by molar-refractivity contribution is 5.55. The summed E-state index contributed by atoms with van der Waals surface area (Å²) in [6, 6.07) is 10.9. The van der Waals surface area contributed by atoms with Gasteiger partial charge in [-0.3, -0.25) is 0 Å². The van der Waals surface area contributed by atoms with E-state index in [1.807, 2.05) is 37.3 Å². The van der Waals surface area contributed by atoms with E-state index in [0.29, 0.717) is 17.4 Å². The van der Waals surface area contributed by atoms with E-state index >= 15 is 0 Å². The topological polar surface area (TPSA) is 58.9 Å². The van der Waals surface area contributed by atoms with E-state index in [1.54, 1.807) is 25.3 Å². The molecule has 0 heterocycles. The van der Waals surface area contributed by atoms with E-state index < -0.39 is 0 Å². The van der Waals surface area contributed by atoms with Gasteiger partial charge in [0.1, 0.15) is 0 Å². The number of rotatable bonds is 4. The Hall–Kier alpha value is -2.62. The summed E-state index contributed by atoms with van der Waals surface area (Å²) < 4.78 is 10.00. The van der Waals surface area contributed by atoms with E-state index in [2.05, 4.69) is 6.92 Å². The molecule has 0 aliphatic heterocycles. The predicted octanol–water partition coefficient (Wildman–Crippen LogP) is 4.96. The lowest BCUT2D eigenvalue weighted by Gasteiger charge is -2.05. The van der Waals surface area contributed by atoms with Gasteiger partial charge in [-0.1, -0.05) is 31.2 Å². The Morgan fingerprint density at radius 1 is 0.960 bits per heavy atom. The van der Waals surface area contributed by atoms with Crippen LogP contribution in [0.4, 0.5) is 0 Å². The van der Waals surface area contributed by atoms with Crippen molar-refractivity contribution < 1.29 is 19.7 Å². The van der Waals surface area contributed by atoms with Crippen LogP contribution in [-0.2, 0) is 0 Å². The van der Waals surface area contributed by atoms with E-state index in [-0.39, 0.29) is 11.5 Å². The summed E-state index contributed by atoms with van der Waals surface area (Å²) in [7, 11) is 3.11. The summed E-state index contributed by atoms with van der Waals surface area (Å²) in [6.45, 7) is 4.18. The predicted molar refractivity (Wildman–Crippen MR) is 101 cm³/mol. The van der Waals surface area contributed by atoms with Crippen LogP contribution in [0, 0.1) is 5.92 Å². The molecule has 1 aliphatic rings. The van der Waals surface area contributed by atoms with Crippen molar-refractivity contribution in [2.24, 2.45) is 5.92 Å².